The first kappa shape index (κ1) is 16.0. The second-order valence-corrected chi connectivity index (χ2v) is 5.96. The Morgan fingerprint density at radius 3 is 2.17 bits per heavy atom. The third-order valence-corrected chi connectivity index (χ3v) is 4.99. The molecule has 0 amide bonds. The molecule has 1 rings (SSSR count). The quantitative estimate of drug-likeness (QED) is 0.632. The molecule has 0 aromatic carbocycles. The largest absolute Gasteiger partial charge is 0.317 e. The monoisotopic (exact) mass is 254 g/mol. The molecule has 0 atom stereocenters. The second kappa shape index (κ2) is 8.92. The predicted octanol–water partition coefficient (Wildman–Crippen LogP) is 3.67. The van der Waals surface area contributed by atoms with E-state index in [1.165, 1.54) is 71.1 Å². The summed E-state index contributed by atoms with van der Waals surface area (Å²) < 4.78 is 0. The molecule has 2 heteroatoms. The van der Waals surface area contributed by atoms with Crippen molar-refractivity contribution < 1.29 is 0 Å². The van der Waals surface area contributed by atoms with Crippen molar-refractivity contribution in [2.24, 2.45) is 5.41 Å². The van der Waals surface area contributed by atoms with Crippen molar-refractivity contribution in [3.8, 4) is 0 Å². The zero-order valence-electron chi connectivity index (χ0n) is 12.9. The van der Waals surface area contributed by atoms with E-state index in [1.807, 2.05) is 0 Å². The first-order valence-corrected chi connectivity index (χ1v) is 8.19. The molecule has 0 unspecified atom stereocenters. The first-order chi connectivity index (χ1) is 8.76. The van der Waals surface area contributed by atoms with E-state index in [-0.39, 0.29) is 0 Å². The minimum atomic E-state index is 0.682. The third kappa shape index (κ3) is 5.27. The molecule has 1 aliphatic heterocycles. The highest BCUT2D eigenvalue weighted by molar-refractivity contribution is 4.83. The summed E-state index contributed by atoms with van der Waals surface area (Å²) in [6.45, 7) is 13.3. The minimum absolute atomic E-state index is 0.682. The smallest absolute Gasteiger partial charge is 0.00134 e. The van der Waals surface area contributed by atoms with Crippen LogP contribution in [0.2, 0.25) is 0 Å². The van der Waals surface area contributed by atoms with Crippen molar-refractivity contribution in [2.75, 3.05) is 32.7 Å². The Morgan fingerprint density at radius 2 is 1.61 bits per heavy atom. The molecule has 0 saturated carbocycles. The normalized spacial score (nSPS) is 20.2. The van der Waals surface area contributed by atoms with Gasteiger partial charge in [0.1, 0.15) is 0 Å². The number of nitrogens with zero attached hydrogens (tertiary/aromatic N) is 1. The summed E-state index contributed by atoms with van der Waals surface area (Å²) in [6, 6.07) is 0. The standard InChI is InChI=1S/C16H34N2/c1-4-16(5-2)10-14-18(15-11-16)13-9-7-8-12-17-6-3/h17H,4-15H2,1-3H3. The van der Waals surface area contributed by atoms with Crippen LogP contribution >= 0.6 is 0 Å². The third-order valence-electron chi connectivity index (χ3n) is 4.99. The van der Waals surface area contributed by atoms with Crippen molar-refractivity contribution in [1.29, 1.82) is 0 Å². The van der Waals surface area contributed by atoms with Crippen LogP contribution in [-0.4, -0.2) is 37.6 Å². The van der Waals surface area contributed by atoms with Crippen LogP contribution in [0.3, 0.4) is 0 Å². The maximum atomic E-state index is 3.40. The number of piperidine rings is 1. The molecule has 0 aromatic heterocycles. The van der Waals surface area contributed by atoms with Crippen molar-refractivity contribution in [3.05, 3.63) is 0 Å². The maximum absolute atomic E-state index is 3.40. The average molecular weight is 254 g/mol. The fourth-order valence-corrected chi connectivity index (χ4v) is 3.15. The number of rotatable bonds is 9. The zero-order chi connectivity index (χ0) is 13.3. The lowest BCUT2D eigenvalue weighted by atomic mass is 9.74. The van der Waals surface area contributed by atoms with Crippen molar-refractivity contribution in [3.63, 3.8) is 0 Å². The van der Waals surface area contributed by atoms with Gasteiger partial charge in [0.05, 0.1) is 0 Å². The molecule has 1 N–H and O–H groups in total. The van der Waals surface area contributed by atoms with Gasteiger partial charge in [0.15, 0.2) is 0 Å². The van der Waals surface area contributed by atoms with Gasteiger partial charge in [0.2, 0.25) is 0 Å². The van der Waals surface area contributed by atoms with E-state index in [4.69, 9.17) is 0 Å². The molecule has 1 saturated heterocycles. The number of nitrogens with one attached hydrogen (secondary N) is 1. The van der Waals surface area contributed by atoms with Crippen molar-refractivity contribution in [2.45, 2.75) is 65.7 Å². The lowest BCUT2D eigenvalue weighted by Gasteiger charge is -2.41. The Labute approximate surface area is 115 Å². The molecule has 108 valence electrons. The van der Waals surface area contributed by atoms with E-state index in [0.717, 1.165) is 6.54 Å². The molecule has 0 aliphatic carbocycles. The van der Waals surface area contributed by atoms with E-state index in [2.05, 4.69) is 31.0 Å². The number of unbranched alkanes of at least 4 members (excludes halogenated alkanes) is 2. The fourth-order valence-electron chi connectivity index (χ4n) is 3.15. The van der Waals surface area contributed by atoms with Gasteiger partial charge in [-0.3, -0.25) is 0 Å². The molecule has 0 spiro atoms. The van der Waals surface area contributed by atoms with E-state index in [1.54, 1.807) is 0 Å². The summed E-state index contributed by atoms with van der Waals surface area (Å²) in [5, 5.41) is 3.40. The summed E-state index contributed by atoms with van der Waals surface area (Å²) >= 11 is 0. The lowest BCUT2D eigenvalue weighted by Crippen LogP contribution is -2.40. The summed E-state index contributed by atoms with van der Waals surface area (Å²) in [7, 11) is 0. The van der Waals surface area contributed by atoms with Crippen molar-refractivity contribution >= 4 is 0 Å². The van der Waals surface area contributed by atoms with Crippen molar-refractivity contribution in [1.82, 2.24) is 10.2 Å². The number of hydrogen-bond acceptors (Lipinski definition) is 2. The first-order valence-electron chi connectivity index (χ1n) is 8.19. The van der Waals surface area contributed by atoms with Gasteiger partial charge in [0, 0.05) is 0 Å². The highest BCUT2D eigenvalue weighted by Gasteiger charge is 2.30. The lowest BCUT2D eigenvalue weighted by molar-refractivity contribution is 0.0943. The van der Waals surface area contributed by atoms with Crippen LogP contribution in [0, 0.1) is 5.41 Å². The average Bonchev–Trinajstić information content (AvgIpc) is 2.43. The summed E-state index contributed by atoms with van der Waals surface area (Å²) in [6.07, 6.45) is 9.72. The summed E-state index contributed by atoms with van der Waals surface area (Å²) in [4.78, 5) is 2.69. The molecule has 1 fully saturated rings. The fraction of sp³-hybridized carbons (Fsp3) is 1.00. The second-order valence-electron chi connectivity index (χ2n) is 5.96. The highest BCUT2D eigenvalue weighted by atomic mass is 15.1. The summed E-state index contributed by atoms with van der Waals surface area (Å²) in [5.74, 6) is 0. The molecule has 2 nitrogen and oxygen atoms in total. The van der Waals surface area contributed by atoms with Crippen LogP contribution in [0.1, 0.15) is 65.7 Å². The van der Waals surface area contributed by atoms with Crippen LogP contribution in [0.5, 0.6) is 0 Å². The molecule has 1 heterocycles. The SMILES string of the molecule is CCNCCCCCN1CCC(CC)(CC)CC1. The molecule has 18 heavy (non-hydrogen) atoms. The van der Waals surface area contributed by atoms with E-state index in [9.17, 15) is 0 Å². The Kier molecular flexibility index (Phi) is 7.92. The van der Waals surface area contributed by atoms with E-state index >= 15 is 0 Å². The van der Waals surface area contributed by atoms with Gasteiger partial charge in [-0.25, -0.2) is 0 Å². The Hall–Kier alpha value is -0.0800. The molecule has 0 aromatic rings. The van der Waals surface area contributed by atoms with E-state index in [0.29, 0.717) is 5.41 Å². The predicted molar refractivity (Wildman–Crippen MR) is 81.1 cm³/mol. The van der Waals surface area contributed by atoms with Crippen LogP contribution in [0.15, 0.2) is 0 Å². The van der Waals surface area contributed by atoms with Gasteiger partial charge in [-0.15, -0.1) is 0 Å². The number of hydrogen-bond donors (Lipinski definition) is 1. The Balaban J connectivity index is 2.05. The zero-order valence-corrected chi connectivity index (χ0v) is 12.9. The van der Waals surface area contributed by atoms with Gasteiger partial charge in [-0.1, -0.05) is 40.0 Å². The minimum Gasteiger partial charge on any atom is -0.317 e. The van der Waals surface area contributed by atoms with Crippen LogP contribution < -0.4 is 5.32 Å². The summed E-state index contributed by atoms with van der Waals surface area (Å²) in [5.41, 5.74) is 0.682. The van der Waals surface area contributed by atoms with Crippen LogP contribution in [-0.2, 0) is 0 Å². The van der Waals surface area contributed by atoms with Gasteiger partial charge in [-0.2, -0.15) is 0 Å². The Morgan fingerprint density at radius 1 is 0.944 bits per heavy atom. The Bertz CT molecular complexity index is 189. The van der Waals surface area contributed by atoms with Gasteiger partial charge in [0.25, 0.3) is 0 Å². The molecule has 1 aliphatic rings. The number of likely N-dealkylation sites (tertiary alicyclic amines) is 1. The van der Waals surface area contributed by atoms with Crippen LogP contribution in [0.4, 0.5) is 0 Å². The van der Waals surface area contributed by atoms with Crippen LogP contribution in [0.25, 0.3) is 0 Å². The van der Waals surface area contributed by atoms with Gasteiger partial charge in [-0.05, 0) is 63.8 Å². The topological polar surface area (TPSA) is 15.3 Å². The van der Waals surface area contributed by atoms with Gasteiger partial charge >= 0.3 is 0 Å². The maximum Gasteiger partial charge on any atom is -0.00134 e. The van der Waals surface area contributed by atoms with E-state index < -0.39 is 0 Å². The molecule has 0 bridgehead atoms. The highest BCUT2D eigenvalue weighted by Crippen LogP contribution is 2.37. The molecular weight excluding hydrogens is 220 g/mol. The molecule has 0 radical (unpaired) electrons. The van der Waals surface area contributed by atoms with Gasteiger partial charge < -0.3 is 10.2 Å². The molecular formula is C16H34N2.